The molecule has 0 bridgehead atoms. The van der Waals surface area contributed by atoms with Gasteiger partial charge in [-0.25, -0.2) is 4.98 Å². The van der Waals surface area contributed by atoms with Crippen LogP contribution in [0.2, 0.25) is 0 Å². The molecule has 0 fully saturated rings. The lowest BCUT2D eigenvalue weighted by atomic mass is 10.2. The summed E-state index contributed by atoms with van der Waals surface area (Å²) in [4.78, 5) is 29.5. The quantitative estimate of drug-likeness (QED) is 0.100. The van der Waals surface area contributed by atoms with Crippen LogP contribution in [0.1, 0.15) is 31.4 Å². The topological polar surface area (TPSA) is 72.2 Å². The van der Waals surface area contributed by atoms with Gasteiger partial charge in [0, 0.05) is 24.6 Å². The Balaban J connectivity index is 3.05. The van der Waals surface area contributed by atoms with Crippen LogP contribution in [0.15, 0.2) is 57.9 Å². The van der Waals surface area contributed by atoms with Crippen molar-refractivity contribution in [2.75, 3.05) is 24.5 Å². The number of rotatable bonds is 15. The van der Waals surface area contributed by atoms with Crippen LogP contribution in [0.4, 0.5) is 0 Å². The maximum Gasteiger partial charge on any atom is 0.268 e. The average molecular weight is 469 g/mol. The fourth-order valence-corrected chi connectivity index (χ4v) is 4.53. The SMILES string of the molecule is C=C/C=C\C/C=C(\CCl)CSc1nc(C=C)c(SC)c(=O)n1CCCCC(=O)CO. The van der Waals surface area contributed by atoms with Gasteiger partial charge in [0.1, 0.15) is 6.61 Å². The molecule has 1 aromatic rings. The summed E-state index contributed by atoms with van der Waals surface area (Å²) in [5.74, 6) is 0.833. The normalized spacial score (nSPS) is 11.8. The lowest BCUT2D eigenvalue weighted by Gasteiger charge is -2.15. The molecule has 164 valence electrons. The molecule has 1 heterocycles. The summed E-state index contributed by atoms with van der Waals surface area (Å²) in [6.07, 6.45) is 13.4. The number of Topliss-reactive ketones (excluding diaryl/α,β-unsaturated/α-hetero) is 1. The minimum atomic E-state index is -0.442. The summed E-state index contributed by atoms with van der Waals surface area (Å²) >= 11 is 8.90. The van der Waals surface area contributed by atoms with Gasteiger partial charge in [-0.2, -0.15) is 0 Å². The molecule has 0 aliphatic rings. The Bertz CT molecular complexity index is 848. The minimum Gasteiger partial charge on any atom is -0.389 e. The van der Waals surface area contributed by atoms with Gasteiger partial charge in [0.05, 0.1) is 10.6 Å². The molecule has 0 aliphatic carbocycles. The fraction of sp³-hybridized carbons (Fsp3) is 0.409. The molecular formula is C22H29ClN2O3S2. The summed E-state index contributed by atoms with van der Waals surface area (Å²) in [6.45, 7) is 7.45. The first-order valence-electron chi connectivity index (χ1n) is 9.60. The first kappa shape index (κ1) is 26.5. The zero-order chi connectivity index (χ0) is 22.4. The van der Waals surface area contributed by atoms with E-state index in [9.17, 15) is 9.59 Å². The monoisotopic (exact) mass is 468 g/mol. The molecule has 0 aromatic carbocycles. The zero-order valence-corrected chi connectivity index (χ0v) is 19.7. The Morgan fingerprint density at radius 1 is 1.33 bits per heavy atom. The molecule has 0 radical (unpaired) electrons. The van der Waals surface area contributed by atoms with E-state index in [-0.39, 0.29) is 11.3 Å². The van der Waals surface area contributed by atoms with E-state index in [4.69, 9.17) is 16.7 Å². The third kappa shape index (κ3) is 8.68. The van der Waals surface area contributed by atoms with E-state index in [1.54, 1.807) is 16.7 Å². The number of unbranched alkanes of at least 4 members (excludes halogenated alkanes) is 1. The predicted molar refractivity (Wildman–Crippen MR) is 130 cm³/mol. The van der Waals surface area contributed by atoms with E-state index in [0.717, 1.165) is 12.0 Å². The number of nitrogens with zero attached hydrogens (tertiary/aromatic N) is 2. The molecule has 0 unspecified atom stereocenters. The molecule has 1 rings (SSSR count). The van der Waals surface area contributed by atoms with E-state index < -0.39 is 6.61 Å². The second kappa shape index (κ2) is 15.3. The minimum absolute atomic E-state index is 0.103. The molecule has 0 saturated heterocycles. The third-order valence-electron chi connectivity index (χ3n) is 4.15. The molecule has 5 nitrogen and oxygen atoms in total. The van der Waals surface area contributed by atoms with Crippen molar-refractivity contribution in [1.29, 1.82) is 0 Å². The van der Waals surface area contributed by atoms with Gasteiger partial charge in [0.2, 0.25) is 0 Å². The van der Waals surface area contributed by atoms with Crippen molar-refractivity contribution in [1.82, 2.24) is 9.55 Å². The van der Waals surface area contributed by atoms with Crippen molar-refractivity contribution in [2.45, 2.75) is 42.3 Å². The van der Waals surface area contributed by atoms with Crippen LogP contribution in [0.3, 0.4) is 0 Å². The maximum atomic E-state index is 13.0. The van der Waals surface area contributed by atoms with E-state index in [1.807, 2.05) is 18.4 Å². The van der Waals surface area contributed by atoms with E-state index in [0.29, 0.717) is 53.2 Å². The van der Waals surface area contributed by atoms with Gasteiger partial charge in [-0.15, -0.1) is 23.4 Å². The first-order chi connectivity index (χ1) is 14.5. The molecular weight excluding hydrogens is 440 g/mol. The highest BCUT2D eigenvalue weighted by molar-refractivity contribution is 7.99. The smallest absolute Gasteiger partial charge is 0.268 e. The van der Waals surface area contributed by atoms with Crippen molar-refractivity contribution >= 4 is 47.0 Å². The highest BCUT2D eigenvalue weighted by Gasteiger charge is 2.15. The van der Waals surface area contributed by atoms with Gasteiger partial charge in [-0.05, 0) is 37.2 Å². The number of carbonyl (C=O) groups excluding carboxylic acids is 1. The van der Waals surface area contributed by atoms with Crippen LogP contribution in [-0.2, 0) is 11.3 Å². The number of hydrogen-bond acceptors (Lipinski definition) is 6. The molecule has 1 N–H and O–H groups in total. The largest absolute Gasteiger partial charge is 0.389 e. The number of ketones is 1. The zero-order valence-electron chi connectivity index (χ0n) is 17.3. The van der Waals surface area contributed by atoms with Crippen molar-refractivity contribution < 1.29 is 9.90 Å². The number of allylic oxidation sites excluding steroid dienone is 4. The first-order valence-corrected chi connectivity index (χ1v) is 12.3. The highest BCUT2D eigenvalue weighted by Crippen LogP contribution is 2.24. The Kier molecular flexibility index (Phi) is 13.5. The number of aliphatic hydroxyl groups is 1. The second-order valence-electron chi connectivity index (χ2n) is 6.31. The van der Waals surface area contributed by atoms with Gasteiger partial charge in [0.25, 0.3) is 5.56 Å². The molecule has 8 heteroatoms. The summed E-state index contributed by atoms with van der Waals surface area (Å²) in [6, 6.07) is 0. The van der Waals surface area contributed by atoms with Crippen LogP contribution in [0, 0.1) is 0 Å². The maximum absolute atomic E-state index is 13.0. The summed E-state index contributed by atoms with van der Waals surface area (Å²) in [7, 11) is 0. The van der Waals surface area contributed by atoms with Gasteiger partial charge < -0.3 is 5.11 Å². The van der Waals surface area contributed by atoms with Gasteiger partial charge >= 0.3 is 0 Å². The van der Waals surface area contributed by atoms with E-state index >= 15 is 0 Å². The van der Waals surface area contributed by atoms with Crippen molar-refractivity contribution in [3.63, 3.8) is 0 Å². The summed E-state index contributed by atoms with van der Waals surface area (Å²) in [5, 5.41) is 9.46. The molecule has 0 spiro atoms. The van der Waals surface area contributed by atoms with Crippen LogP contribution in [0.25, 0.3) is 6.08 Å². The van der Waals surface area contributed by atoms with Crippen molar-refractivity contribution in [3.8, 4) is 0 Å². The molecule has 1 aromatic heterocycles. The van der Waals surface area contributed by atoms with Gasteiger partial charge in [0.15, 0.2) is 10.9 Å². The average Bonchev–Trinajstić information content (AvgIpc) is 2.76. The standard InChI is InChI=1S/C22H29ClN2O3S2/c1-4-6-7-8-11-17(14-23)16-30-22-24-19(5-2)20(29-3)21(28)25(22)13-10-9-12-18(27)15-26/h4-7,11,26H,1-2,8-10,12-16H2,3H3/b7-6-,17-11+. The van der Waals surface area contributed by atoms with Crippen LogP contribution in [-0.4, -0.2) is 44.9 Å². The fourth-order valence-electron chi connectivity index (χ4n) is 2.56. The van der Waals surface area contributed by atoms with Crippen LogP contribution < -0.4 is 5.56 Å². The number of carbonyl (C=O) groups is 1. The number of alkyl halides is 1. The second-order valence-corrected chi connectivity index (χ2v) is 8.34. The molecule has 0 amide bonds. The Hall–Kier alpha value is -1.54. The number of hydrogen-bond donors (Lipinski definition) is 1. The molecule has 0 aliphatic heterocycles. The van der Waals surface area contributed by atoms with Crippen molar-refractivity contribution in [3.05, 3.63) is 59.1 Å². The summed E-state index contributed by atoms with van der Waals surface area (Å²) in [5.41, 5.74) is 1.53. The van der Waals surface area contributed by atoms with Crippen LogP contribution >= 0.6 is 35.1 Å². The molecule has 0 saturated carbocycles. The van der Waals surface area contributed by atoms with E-state index in [1.165, 1.54) is 23.5 Å². The van der Waals surface area contributed by atoms with Crippen LogP contribution in [0.5, 0.6) is 0 Å². The molecule has 0 atom stereocenters. The summed E-state index contributed by atoms with van der Waals surface area (Å²) < 4.78 is 1.66. The number of aromatic nitrogens is 2. The van der Waals surface area contributed by atoms with Gasteiger partial charge in [-0.3, -0.25) is 14.2 Å². The highest BCUT2D eigenvalue weighted by atomic mass is 35.5. The molecule has 30 heavy (non-hydrogen) atoms. The number of thioether (sulfide) groups is 2. The van der Waals surface area contributed by atoms with Crippen molar-refractivity contribution in [2.24, 2.45) is 0 Å². The lowest BCUT2D eigenvalue weighted by Crippen LogP contribution is -2.26. The Morgan fingerprint density at radius 2 is 2.10 bits per heavy atom. The van der Waals surface area contributed by atoms with E-state index in [2.05, 4.69) is 24.2 Å². The lowest BCUT2D eigenvalue weighted by molar-refractivity contribution is -0.121. The third-order valence-corrected chi connectivity index (χ3v) is 6.37. The number of halogens is 1. The van der Waals surface area contributed by atoms with Gasteiger partial charge in [-0.1, -0.05) is 49.2 Å². The predicted octanol–water partition coefficient (Wildman–Crippen LogP) is 4.73. The number of aliphatic hydroxyl groups excluding tert-OH is 1. The Labute approximate surface area is 192 Å². The Morgan fingerprint density at radius 3 is 2.70 bits per heavy atom.